The third-order valence-electron chi connectivity index (χ3n) is 3.05. The van der Waals surface area contributed by atoms with Gasteiger partial charge in [0.05, 0.1) is 11.7 Å². The zero-order chi connectivity index (χ0) is 7.73. The van der Waals surface area contributed by atoms with Gasteiger partial charge in [-0.15, -0.1) is 0 Å². The van der Waals surface area contributed by atoms with E-state index in [0.29, 0.717) is 0 Å². The van der Waals surface area contributed by atoms with Crippen LogP contribution in [0.3, 0.4) is 0 Å². The number of aliphatic hydroxyl groups excluding tert-OH is 1. The molecule has 2 fully saturated rings. The molecule has 2 aliphatic rings. The molecule has 1 aliphatic carbocycles. The maximum absolute atomic E-state index is 9.30. The molecule has 2 heteroatoms. The summed E-state index contributed by atoms with van der Waals surface area (Å²) in [6.07, 6.45) is 6.43. The van der Waals surface area contributed by atoms with Crippen LogP contribution in [0.25, 0.3) is 0 Å². The topological polar surface area (TPSA) is 29.5 Å². The Kier molecular flexibility index (Phi) is 1.90. The second-order valence-corrected chi connectivity index (χ2v) is 3.87. The highest BCUT2D eigenvalue weighted by Crippen LogP contribution is 2.39. The predicted octanol–water partition coefficient (Wildman–Crippen LogP) is 1.47. The molecule has 0 aromatic carbocycles. The van der Waals surface area contributed by atoms with Crippen molar-refractivity contribution in [2.24, 2.45) is 0 Å². The molecule has 0 aromatic rings. The van der Waals surface area contributed by atoms with Gasteiger partial charge >= 0.3 is 0 Å². The van der Waals surface area contributed by atoms with Gasteiger partial charge in [0.1, 0.15) is 0 Å². The highest BCUT2D eigenvalue weighted by atomic mass is 16.5. The molecule has 1 saturated heterocycles. The summed E-state index contributed by atoms with van der Waals surface area (Å²) in [5.74, 6) is 0. The average molecular weight is 156 g/mol. The Balaban J connectivity index is 1.94. The molecule has 0 aromatic heterocycles. The number of rotatable bonds is 0. The largest absolute Gasteiger partial charge is 0.393 e. The van der Waals surface area contributed by atoms with Crippen LogP contribution in [0.1, 0.15) is 38.5 Å². The van der Waals surface area contributed by atoms with Crippen LogP contribution in [0, 0.1) is 0 Å². The van der Waals surface area contributed by atoms with E-state index in [2.05, 4.69) is 0 Å². The minimum Gasteiger partial charge on any atom is -0.393 e. The first-order valence-electron chi connectivity index (χ1n) is 4.63. The van der Waals surface area contributed by atoms with Crippen molar-refractivity contribution in [1.29, 1.82) is 0 Å². The number of aliphatic hydroxyl groups is 1. The monoisotopic (exact) mass is 156 g/mol. The van der Waals surface area contributed by atoms with Gasteiger partial charge in [-0.2, -0.15) is 0 Å². The smallest absolute Gasteiger partial charge is 0.0685 e. The van der Waals surface area contributed by atoms with E-state index in [1.165, 1.54) is 12.8 Å². The molecular formula is C9H16O2. The number of ether oxygens (including phenoxy) is 1. The van der Waals surface area contributed by atoms with E-state index >= 15 is 0 Å². The van der Waals surface area contributed by atoms with Crippen LogP contribution in [-0.4, -0.2) is 23.4 Å². The predicted molar refractivity (Wildman–Crippen MR) is 42.4 cm³/mol. The van der Waals surface area contributed by atoms with Crippen molar-refractivity contribution >= 4 is 0 Å². The van der Waals surface area contributed by atoms with Crippen molar-refractivity contribution in [2.45, 2.75) is 50.2 Å². The summed E-state index contributed by atoms with van der Waals surface area (Å²) >= 11 is 0. The third-order valence-corrected chi connectivity index (χ3v) is 3.05. The van der Waals surface area contributed by atoms with E-state index in [4.69, 9.17) is 4.74 Å². The molecule has 1 heterocycles. The highest BCUT2D eigenvalue weighted by Gasteiger charge is 2.38. The van der Waals surface area contributed by atoms with Crippen LogP contribution in [0.4, 0.5) is 0 Å². The Hall–Kier alpha value is -0.0800. The van der Waals surface area contributed by atoms with Crippen molar-refractivity contribution in [3.8, 4) is 0 Å². The summed E-state index contributed by atoms with van der Waals surface area (Å²) in [6.45, 7) is 0.941. The summed E-state index contributed by atoms with van der Waals surface area (Å²) in [4.78, 5) is 0. The van der Waals surface area contributed by atoms with Gasteiger partial charge in [0, 0.05) is 6.61 Å². The quantitative estimate of drug-likeness (QED) is 0.575. The van der Waals surface area contributed by atoms with Crippen LogP contribution in [-0.2, 0) is 4.74 Å². The summed E-state index contributed by atoms with van der Waals surface area (Å²) in [6, 6.07) is 0. The Labute approximate surface area is 67.6 Å². The molecule has 1 aliphatic heterocycles. The SMILES string of the molecule is OC1CCC2(CCCO2)CC1. The zero-order valence-corrected chi connectivity index (χ0v) is 6.88. The normalized spacial score (nSPS) is 45.0. The molecule has 0 amide bonds. The second kappa shape index (κ2) is 2.76. The van der Waals surface area contributed by atoms with Crippen LogP contribution < -0.4 is 0 Å². The Morgan fingerprint density at radius 2 is 1.91 bits per heavy atom. The molecule has 1 N–H and O–H groups in total. The van der Waals surface area contributed by atoms with Crippen molar-refractivity contribution < 1.29 is 9.84 Å². The molecule has 2 nitrogen and oxygen atoms in total. The number of hydrogen-bond acceptors (Lipinski definition) is 2. The van der Waals surface area contributed by atoms with Gasteiger partial charge < -0.3 is 9.84 Å². The molecule has 0 unspecified atom stereocenters. The van der Waals surface area contributed by atoms with Gasteiger partial charge in [0.2, 0.25) is 0 Å². The lowest BCUT2D eigenvalue weighted by Gasteiger charge is -2.34. The Morgan fingerprint density at radius 3 is 2.45 bits per heavy atom. The minimum absolute atomic E-state index is 0.0511. The van der Waals surface area contributed by atoms with Crippen molar-refractivity contribution in [3.05, 3.63) is 0 Å². The molecule has 0 radical (unpaired) electrons. The van der Waals surface area contributed by atoms with E-state index in [0.717, 1.165) is 32.3 Å². The standard InChI is InChI=1S/C9H16O2/c10-8-2-5-9(6-3-8)4-1-7-11-9/h8,10H,1-7H2. The fraction of sp³-hybridized carbons (Fsp3) is 1.00. The first kappa shape index (κ1) is 7.56. The average Bonchev–Trinajstić information content (AvgIpc) is 2.45. The fourth-order valence-electron chi connectivity index (χ4n) is 2.28. The highest BCUT2D eigenvalue weighted by molar-refractivity contribution is 4.89. The Morgan fingerprint density at radius 1 is 1.18 bits per heavy atom. The zero-order valence-electron chi connectivity index (χ0n) is 6.88. The van der Waals surface area contributed by atoms with Crippen molar-refractivity contribution in [2.75, 3.05) is 6.61 Å². The van der Waals surface area contributed by atoms with Crippen LogP contribution in [0.15, 0.2) is 0 Å². The van der Waals surface area contributed by atoms with Crippen LogP contribution in [0.5, 0.6) is 0 Å². The molecule has 1 spiro atoms. The Bertz CT molecular complexity index is 128. The lowest BCUT2D eigenvalue weighted by Crippen LogP contribution is -2.34. The summed E-state index contributed by atoms with van der Waals surface area (Å²) in [5.41, 5.74) is 0.194. The van der Waals surface area contributed by atoms with Crippen LogP contribution >= 0.6 is 0 Å². The van der Waals surface area contributed by atoms with Crippen LogP contribution in [0.2, 0.25) is 0 Å². The van der Waals surface area contributed by atoms with E-state index in [1.807, 2.05) is 0 Å². The van der Waals surface area contributed by atoms with Gasteiger partial charge in [0.25, 0.3) is 0 Å². The minimum atomic E-state index is -0.0511. The maximum atomic E-state index is 9.30. The molecule has 11 heavy (non-hydrogen) atoms. The van der Waals surface area contributed by atoms with E-state index in [9.17, 15) is 5.11 Å². The van der Waals surface area contributed by atoms with Gasteiger partial charge in [-0.1, -0.05) is 0 Å². The fourth-order valence-corrected chi connectivity index (χ4v) is 2.28. The molecule has 1 saturated carbocycles. The molecule has 64 valence electrons. The summed E-state index contributed by atoms with van der Waals surface area (Å²) < 4.78 is 5.72. The third kappa shape index (κ3) is 1.42. The molecular weight excluding hydrogens is 140 g/mol. The first-order chi connectivity index (χ1) is 5.31. The van der Waals surface area contributed by atoms with Crippen molar-refractivity contribution in [3.63, 3.8) is 0 Å². The number of hydrogen-bond donors (Lipinski definition) is 1. The second-order valence-electron chi connectivity index (χ2n) is 3.87. The van der Waals surface area contributed by atoms with Gasteiger partial charge in [-0.05, 0) is 38.5 Å². The van der Waals surface area contributed by atoms with E-state index in [1.54, 1.807) is 0 Å². The van der Waals surface area contributed by atoms with Gasteiger partial charge in [-0.3, -0.25) is 0 Å². The molecule has 2 rings (SSSR count). The lowest BCUT2D eigenvalue weighted by atomic mass is 9.81. The van der Waals surface area contributed by atoms with E-state index < -0.39 is 0 Å². The van der Waals surface area contributed by atoms with Gasteiger partial charge in [0.15, 0.2) is 0 Å². The molecule has 0 bridgehead atoms. The first-order valence-corrected chi connectivity index (χ1v) is 4.63. The van der Waals surface area contributed by atoms with Crippen molar-refractivity contribution in [1.82, 2.24) is 0 Å². The summed E-state index contributed by atoms with van der Waals surface area (Å²) in [5, 5.41) is 9.30. The summed E-state index contributed by atoms with van der Waals surface area (Å²) in [7, 11) is 0. The lowest BCUT2D eigenvalue weighted by molar-refractivity contribution is -0.0508. The molecule has 0 atom stereocenters. The maximum Gasteiger partial charge on any atom is 0.0685 e. The van der Waals surface area contributed by atoms with E-state index in [-0.39, 0.29) is 11.7 Å². The van der Waals surface area contributed by atoms with Gasteiger partial charge in [-0.25, -0.2) is 0 Å².